The Labute approximate surface area is 89.5 Å². The highest BCUT2D eigenvalue weighted by Crippen LogP contribution is 2.31. The smallest absolute Gasteiger partial charge is 0.265 e. The predicted molar refractivity (Wildman–Crippen MR) is 51.4 cm³/mol. The molecule has 0 saturated heterocycles. The first-order valence-electron chi connectivity index (χ1n) is 3.73. The first kappa shape index (κ1) is 12.1. The van der Waals surface area contributed by atoms with Crippen LogP contribution in [-0.4, -0.2) is 13.4 Å². The van der Waals surface area contributed by atoms with Crippen molar-refractivity contribution in [2.24, 2.45) is 0 Å². The SMILES string of the molecule is Cc1c(C(F)F)cnc(N)c1S(=O)(=O)Cl. The first-order valence-corrected chi connectivity index (χ1v) is 6.04. The van der Waals surface area contributed by atoms with E-state index in [4.69, 9.17) is 16.4 Å². The standard InChI is InChI=1S/C7H7ClF2N2O2S/c1-3-4(6(9)10)2-12-7(11)5(3)15(8,13)14/h2,6H,1H3,(H2,11,12). The molecule has 0 aliphatic carbocycles. The number of alkyl halides is 2. The van der Waals surface area contributed by atoms with E-state index in [0.717, 1.165) is 6.20 Å². The van der Waals surface area contributed by atoms with Gasteiger partial charge in [-0.3, -0.25) is 0 Å². The van der Waals surface area contributed by atoms with E-state index in [0.29, 0.717) is 0 Å². The minimum absolute atomic E-state index is 0.174. The van der Waals surface area contributed by atoms with Crippen LogP contribution in [0.15, 0.2) is 11.1 Å². The maximum atomic E-state index is 12.4. The largest absolute Gasteiger partial charge is 0.383 e. The highest BCUT2D eigenvalue weighted by atomic mass is 35.7. The summed E-state index contributed by atoms with van der Waals surface area (Å²) in [6.45, 7) is 1.20. The average molecular weight is 257 g/mol. The number of aromatic nitrogens is 1. The van der Waals surface area contributed by atoms with E-state index in [2.05, 4.69) is 4.98 Å². The van der Waals surface area contributed by atoms with E-state index in [-0.39, 0.29) is 11.4 Å². The molecule has 0 radical (unpaired) electrons. The molecule has 0 unspecified atom stereocenters. The van der Waals surface area contributed by atoms with Crippen LogP contribution in [-0.2, 0) is 9.05 Å². The molecule has 8 heteroatoms. The number of nitrogens with zero attached hydrogens (tertiary/aromatic N) is 1. The molecule has 0 aromatic carbocycles. The molecule has 1 aromatic heterocycles. The highest BCUT2D eigenvalue weighted by Gasteiger charge is 2.23. The van der Waals surface area contributed by atoms with Crippen LogP contribution >= 0.6 is 10.7 Å². The molecule has 0 saturated carbocycles. The van der Waals surface area contributed by atoms with Gasteiger partial charge in [-0.1, -0.05) is 0 Å². The predicted octanol–water partition coefficient (Wildman–Crippen LogP) is 1.84. The van der Waals surface area contributed by atoms with Gasteiger partial charge in [0, 0.05) is 22.4 Å². The lowest BCUT2D eigenvalue weighted by molar-refractivity contribution is 0.150. The van der Waals surface area contributed by atoms with Gasteiger partial charge in [0.25, 0.3) is 15.5 Å². The van der Waals surface area contributed by atoms with E-state index < -0.39 is 25.9 Å². The van der Waals surface area contributed by atoms with Crippen molar-refractivity contribution in [2.45, 2.75) is 18.2 Å². The summed E-state index contributed by atoms with van der Waals surface area (Å²) in [5.74, 6) is -0.382. The van der Waals surface area contributed by atoms with E-state index >= 15 is 0 Å². The van der Waals surface area contributed by atoms with Gasteiger partial charge in [-0.25, -0.2) is 22.2 Å². The lowest BCUT2D eigenvalue weighted by Gasteiger charge is -2.09. The maximum Gasteiger partial charge on any atom is 0.265 e. The second-order valence-corrected chi connectivity index (χ2v) is 5.29. The van der Waals surface area contributed by atoms with Crippen molar-refractivity contribution in [3.8, 4) is 0 Å². The molecule has 0 aliphatic rings. The molecule has 15 heavy (non-hydrogen) atoms. The van der Waals surface area contributed by atoms with Crippen LogP contribution in [0.3, 0.4) is 0 Å². The third kappa shape index (κ3) is 2.35. The topological polar surface area (TPSA) is 73.0 Å². The Morgan fingerprint density at radius 2 is 2.07 bits per heavy atom. The fraction of sp³-hybridized carbons (Fsp3) is 0.286. The van der Waals surface area contributed by atoms with Gasteiger partial charge < -0.3 is 5.73 Å². The maximum absolute atomic E-state index is 12.4. The van der Waals surface area contributed by atoms with Gasteiger partial charge in [0.1, 0.15) is 10.7 Å². The summed E-state index contributed by atoms with van der Waals surface area (Å²) >= 11 is 0. The van der Waals surface area contributed by atoms with Crippen LogP contribution in [0, 0.1) is 6.92 Å². The third-order valence-corrected chi connectivity index (χ3v) is 3.29. The van der Waals surface area contributed by atoms with E-state index in [1.807, 2.05) is 0 Å². The summed E-state index contributed by atoms with van der Waals surface area (Å²) in [7, 11) is 0.884. The Bertz CT molecular complexity index is 490. The summed E-state index contributed by atoms with van der Waals surface area (Å²) in [5.41, 5.74) is 4.59. The van der Waals surface area contributed by atoms with Crippen LogP contribution in [0.25, 0.3) is 0 Å². The van der Waals surface area contributed by atoms with Crippen LogP contribution < -0.4 is 5.73 Å². The molecule has 4 nitrogen and oxygen atoms in total. The number of hydrogen-bond donors (Lipinski definition) is 1. The quantitative estimate of drug-likeness (QED) is 0.820. The molecule has 0 bridgehead atoms. The van der Waals surface area contributed by atoms with E-state index in [1.165, 1.54) is 6.92 Å². The van der Waals surface area contributed by atoms with Gasteiger partial charge in [0.15, 0.2) is 0 Å². The Kier molecular flexibility index (Phi) is 3.15. The van der Waals surface area contributed by atoms with Gasteiger partial charge in [-0.15, -0.1) is 0 Å². The molecule has 0 fully saturated rings. The molecular weight excluding hydrogens is 250 g/mol. The Balaban J connectivity index is 3.59. The Morgan fingerprint density at radius 1 is 1.53 bits per heavy atom. The zero-order valence-electron chi connectivity index (χ0n) is 7.54. The van der Waals surface area contributed by atoms with Gasteiger partial charge in [0.05, 0.1) is 0 Å². The fourth-order valence-corrected chi connectivity index (χ4v) is 2.52. The van der Waals surface area contributed by atoms with Crippen LogP contribution in [0.5, 0.6) is 0 Å². The fourth-order valence-electron chi connectivity index (χ4n) is 1.15. The molecule has 1 rings (SSSR count). The van der Waals surface area contributed by atoms with Crippen LogP contribution in [0.2, 0.25) is 0 Å². The van der Waals surface area contributed by atoms with Gasteiger partial charge in [-0.05, 0) is 12.5 Å². The lowest BCUT2D eigenvalue weighted by Crippen LogP contribution is -2.06. The van der Waals surface area contributed by atoms with Crippen molar-refractivity contribution in [2.75, 3.05) is 5.73 Å². The van der Waals surface area contributed by atoms with Crippen molar-refractivity contribution in [3.05, 3.63) is 17.3 Å². The summed E-state index contributed by atoms with van der Waals surface area (Å²) in [5, 5.41) is 0. The monoisotopic (exact) mass is 256 g/mol. The van der Waals surface area contributed by atoms with Crippen LogP contribution in [0.4, 0.5) is 14.6 Å². The first-order chi connectivity index (χ1) is 6.75. The number of rotatable bonds is 2. The van der Waals surface area contributed by atoms with E-state index in [9.17, 15) is 17.2 Å². The van der Waals surface area contributed by atoms with Crippen molar-refractivity contribution in [3.63, 3.8) is 0 Å². The van der Waals surface area contributed by atoms with Gasteiger partial charge >= 0.3 is 0 Å². The number of anilines is 1. The number of halogens is 3. The molecule has 0 atom stereocenters. The van der Waals surface area contributed by atoms with Crippen molar-refractivity contribution in [1.29, 1.82) is 0 Å². The zero-order valence-corrected chi connectivity index (χ0v) is 9.11. The second-order valence-electron chi connectivity index (χ2n) is 2.79. The molecule has 0 aliphatic heterocycles. The van der Waals surface area contributed by atoms with Crippen molar-refractivity contribution >= 4 is 25.6 Å². The Hall–Kier alpha value is -0.950. The van der Waals surface area contributed by atoms with E-state index in [1.54, 1.807) is 0 Å². The number of nitrogens with two attached hydrogens (primary N) is 1. The molecular formula is C7H7ClF2N2O2S. The average Bonchev–Trinajstić information content (AvgIpc) is 2.00. The number of nitrogen functional groups attached to an aromatic ring is 1. The summed E-state index contributed by atoms with van der Waals surface area (Å²) in [4.78, 5) is 2.81. The summed E-state index contributed by atoms with van der Waals surface area (Å²) in [6, 6.07) is 0. The third-order valence-electron chi connectivity index (χ3n) is 1.83. The van der Waals surface area contributed by atoms with Crippen molar-refractivity contribution < 1.29 is 17.2 Å². The van der Waals surface area contributed by atoms with Crippen LogP contribution in [0.1, 0.15) is 17.6 Å². The molecule has 1 heterocycles. The van der Waals surface area contributed by atoms with Gasteiger partial charge in [0.2, 0.25) is 0 Å². The molecule has 2 N–H and O–H groups in total. The second kappa shape index (κ2) is 3.90. The molecule has 0 amide bonds. The normalized spacial score (nSPS) is 12.1. The molecule has 0 spiro atoms. The summed E-state index contributed by atoms with van der Waals surface area (Å²) in [6.07, 6.45) is -1.99. The highest BCUT2D eigenvalue weighted by molar-refractivity contribution is 8.13. The molecule has 1 aromatic rings. The van der Waals surface area contributed by atoms with Gasteiger partial charge in [-0.2, -0.15) is 0 Å². The summed E-state index contributed by atoms with van der Waals surface area (Å²) < 4.78 is 46.9. The Morgan fingerprint density at radius 3 is 2.47 bits per heavy atom. The molecule has 84 valence electrons. The lowest BCUT2D eigenvalue weighted by atomic mass is 10.1. The van der Waals surface area contributed by atoms with Crippen molar-refractivity contribution in [1.82, 2.24) is 4.98 Å². The number of hydrogen-bond acceptors (Lipinski definition) is 4. The zero-order chi connectivity index (χ0) is 11.8. The minimum atomic E-state index is -4.17. The number of pyridine rings is 1. The minimum Gasteiger partial charge on any atom is -0.383 e.